The molecule has 0 spiro atoms. The van der Waals surface area contributed by atoms with E-state index < -0.39 is 0 Å². The van der Waals surface area contributed by atoms with Gasteiger partial charge in [-0.2, -0.15) is 0 Å². The predicted octanol–water partition coefficient (Wildman–Crippen LogP) is 3.02. The van der Waals surface area contributed by atoms with Gasteiger partial charge in [-0.25, -0.2) is 0 Å². The number of likely N-dealkylation sites (N-methyl/N-ethyl adjacent to an activating group) is 1. The molecule has 0 saturated carbocycles. The fourth-order valence-corrected chi connectivity index (χ4v) is 3.24. The number of carbonyl (C=O) groups is 1. The van der Waals surface area contributed by atoms with Gasteiger partial charge in [0.1, 0.15) is 5.75 Å². The summed E-state index contributed by atoms with van der Waals surface area (Å²) in [5, 5.41) is 0. The molecule has 2 aromatic rings. The van der Waals surface area contributed by atoms with Gasteiger partial charge in [0.2, 0.25) is 5.91 Å². The lowest BCUT2D eigenvalue weighted by molar-refractivity contribution is -0.119. The van der Waals surface area contributed by atoms with Crippen LogP contribution in [-0.4, -0.2) is 34.3 Å². The molecule has 5 heteroatoms. The van der Waals surface area contributed by atoms with E-state index >= 15 is 0 Å². The van der Waals surface area contributed by atoms with Crippen molar-refractivity contribution in [3.63, 3.8) is 0 Å². The molecule has 1 amide bonds. The Morgan fingerprint density at radius 1 is 0.958 bits per heavy atom. The maximum atomic E-state index is 12.7. The van der Waals surface area contributed by atoms with Crippen LogP contribution in [0.3, 0.4) is 0 Å². The van der Waals surface area contributed by atoms with E-state index in [1.165, 1.54) is 0 Å². The van der Waals surface area contributed by atoms with Gasteiger partial charge >= 0.3 is 0 Å². The Labute approximate surface area is 141 Å². The lowest BCUT2D eigenvalue weighted by Gasteiger charge is -2.16. The van der Waals surface area contributed by atoms with Crippen molar-refractivity contribution in [1.29, 1.82) is 0 Å². The zero-order chi connectivity index (χ0) is 17.3. The van der Waals surface area contributed by atoms with Crippen molar-refractivity contribution in [1.82, 2.24) is 0 Å². The van der Waals surface area contributed by atoms with Gasteiger partial charge in [0.05, 0.1) is 27.2 Å². The molecule has 0 aliphatic carbocycles. The minimum Gasteiger partial charge on any atom is -0.496 e. The van der Waals surface area contributed by atoms with Crippen LogP contribution in [0.1, 0.15) is 17.0 Å². The number of hydrogen-bond acceptors (Lipinski definition) is 4. The fraction of sp³-hybridized carbons (Fsp3) is 0.316. The van der Waals surface area contributed by atoms with Crippen LogP contribution in [0, 0.1) is 0 Å². The molecular weight excluding hydrogens is 306 g/mol. The molecule has 2 aromatic carbocycles. The number of hydrogen-bond donors (Lipinski definition) is 0. The van der Waals surface area contributed by atoms with E-state index in [0.717, 1.165) is 16.8 Å². The smallest absolute Gasteiger partial charge is 0.234 e. The summed E-state index contributed by atoms with van der Waals surface area (Å²) in [6.45, 7) is 0. The molecule has 0 fully saturated rings. The van der Waals surface area contributed by atoms with Crippen LogP contribution < -0.4 is 19.1 Å². The molecule has 3 rings (SSSR count). The molecule has 0 aromatic heterocycles. The lowest BCUT2D eigenvalue weighted by atomic mass is 9.92. The van der Waals surface area contributed by atoms with Gasteiger partial charge in [0, 0.05) is 18.8 Å². The number of rotatable bonds is 5. The van der Waals surface area contributed by atoms with Crippen molar-refractivity contribution in [2.24, 2.45) is 0 Å². The molecule has 24 heavy (non-hydrogen) atoms. The first kappa shape index (κ1) is 16.2. The van der Waals surface area contributed by atoms with Crippen molar-refractivity contribution in [3.8, 4) is 17.2 Å². The molecule has 1 heterocycles. The summed E-state index contributed by atoms with van der Waals surface area (Å²) in [5.74, 6) is 1.78. The molecule has 0 radical (unpaired) electrons. The topological polar surface area (TPSA) is 48.0 Å². The minimum absolute atomic E-state index is 0.0908. The zero-order valence-corrected chi connectivity index (χ0v) is 14.3. The Morgan fingerprint density at radius 2 is 1.58 bits per heavy atom. The lowest BCUT2D eigenvalue weighted by Crippen LogP contribution is -2.25. The Hall–Kier alpha value is -2.69. The Kier molecular flexibility index (Phi) is 4.34. The largest absolute Gasteiger partial charge is 0.496 e. The summed E-state index contributed by atoms with van der Waals surface area (Å²) < 4.78 is 16.2. The quantitative estimate of drug-likeness (QED) is 0.847. The van der Waals surface area contributed by atoms with Crippen LogP contribution in [0.15, 0.2) is 36.4 Å². The molecular formula is C19H21NO4. The first-order chi connectivity index (χ1) is 11.6. The van der Waals surface area contributed by atoms with Gasteiger partial charge in [0.25, 0.3) is 0 Å². The zero-order valence-electron chi connectivity index (χ0n) is 14.3. The molecule has 0 bridgehead atoms. The normalized spacial score (nSPS) is 16.1. The number of anilines is 1. The summed E-state index contributed by atoms with van der Waals surface area (Å²) in [6.07, 6.45) is 0.545. The summed E-state index contributed by atoms with van der Waals surface area (Å²) in [4.78, 5) is 14.4. The minimum atomic E-state index is -0.224. The molecule has 0 N–H and O–H groups in total. The summed E-state index contributed by atoms with van der Waals surface area (Å²) in [7, 11) is 6.61. The number of methoxy groups -OCH3 is 3. The fourth-order valence-electron chi connectivity index (χ4n) is 3.24. The average molecular weight is 327 g/mol. The monoisotopic (exact) mass is 327 g/mol. The Balaban J connectivity index is 2.01. The first-order valence-electron chi connectivity index (χ1n) is 7.76. The number of fused-ring (bicyclic) bond motifs is 1. The number of para-hydroxylation sites is 1. The first-order valence-corrected chi connectivity index (χ1v) is 7.76. The highest BCUT2D eigenvalue weighted by Crippen LogP contribution is 2.41. The predicted molar refractivity (Wildman–Crippen MR) is 92.4 cm³/mol. The number of benzene rings is 2. The highest BCUT2D eigenvalue weighted by Gasteiger charge is 2.35. The van der Waals surface area contributed by atoms with E-state index in [4.69, 9.17) is 14.2 Å². The van der Waals surface area contributed by atoms with Gasteiger partial charge in [0.15, 0.2) is 11.5 Å². The second kappa shape index (κ2) is 6.43. The Morgan fingerprint density at radius 3 is 2.25 bits per heavy atom. The van der Waals surface area contributed by atoms with Crippen molar-refractivity contribution < 1.29 is 19.0 Å². The SMILES string of the molecule is COc1cc(OC)c(OC)cc1C[C@H]1C(=O)N(C)c2ccccc21. The number of ether oxygens (including phenoxy) is 3. The van der Waals surface area contributed by atoms with E-state index in [1.54, 1.807) is 32.3 Å². The highest BCUT2D eigenvalue weighted by atomic mass is 16.5. The van der Waals surface area contributed by atoms with E-state index in [2.05, 4.69) is 0 Å². The van der Waals surface area contributed by atoms with E-state index in [0.29, 0.717) is 23.7 Å². The second-order valence-electron chi connectivity index (χ2n) is 5.73. The number of carbonyl (C=O) groups excluding carboxylic acids is 1. The van der Waals surface area contributed by atoms with E-state index in [-0.39, 0.29) is 11.8 Å². The summed E-state index contributed by atoms with van der Waals surface area (Å²) >= 11 is 0. The van der Waals surface area contributed by atoms with Crippen LogP contribution >= 0.6 is 0 Å². The maximum absolute atomic E-state index is 12.7. The van der Waals surface area contributed by atoms with Crippen molar-refractivity contribution in [2.45, 2.75) is 12.3 Å². The van der Waals surface area contributed by atoms with E-state index in [9.17, 15) is 4.79 Å². The third kappa shape index (κ3) is 2.56. The van der Waals surface area contributed by atoms with Gasteiger partial charge in [-0.3, -0.25) is 4.79 Å². The van der Waals surface area contributed by atoms with Crippen LogP contribution in [-0.2, 0) is 11.2 Å². The second-order valence-corrected chi connectivity index (χ2v) is 5.73. The Bertz CT molecular complexity index is 772. The maximum Gasteiger partial charge on any atom is 0.234 e. The van der Waals surface area contributed by atoms with Crippen molar-refractivity contribution in [3.05, 3.63) is 47.5 Å². The third-order valence-corrected chi connectivity index (χ3v) is 4.51. The van der Waals surface area contributed by atoms with E-state index in [1.807, 2.05) is 37.4 Å². The van der Waals surface area contributed by atoms with Crippen LogP contribution in [0.2, 0.25) is 0 Å². The third-order valence-electron chi connectivity index (χ3n) is 4.51. The van der Waals surface area contributed by atoms with Crippen LogP contribution in [0.25, 0.3) is 0 Å². The van der Waals surface area contributed by atoms with Crippen LogP contribution in [0.5, 0.6) is 17.2 Å². The van der Waals surface area contributed by atoms with Crippen molar-refractivity contribution in [2.75, 3.05) is 33.3 Å². The summed E-state index contributed by atoms with van der Waals surface area (Å²) in [5.41, 5.74) is 2.92. The van der Waals surface area contributed by atoms with Gasteiger partial charge < -0.3 is 19.1 Å². The molecule has 0 unspecified atom stereocenters. The molecule has 0 saturated heterocycles. The molecule has 126 valence electrons. The molecule has 5 nitrogen and oxygen atoms in total. The standard InChI is InChI=1S/C19H21NO4/c1-20-15-8-6-5-7-13(15)14(19(20)21)9-12-10-17(23-3)18(24-4)11-16(12)22-2/h5-8,10-11,14H,9H2,1-4H3/t14-/m1/s1. The van der Waals surface area contributed by atoms with Crippen LogP contribution in [0.4, 0.5) is 5.69 Å². The molecule has 1 aliphatic rings. The highest BCUT2D eigenvalue weighted by molar-refractivity contribution is 6.04. The van der Waals surface area contributed by atoms with Crippen molar-refractivity contribution >= 4 is 11.6 Å². The number of nitrogens with zero attached hydrogens (tertiary/aromatic N) is 1. The van der Waals surface area contributed by atoms with Gasteiger partial charge in [-0.1, -0.05) is 18.2 Å². The summed E-state index contributed by atoms with van der Waals surface area (Å²) in [6, 6.07) is 11.6. The van der Waals surface area contributed by atoms with Gasteiger partial charge in [-0.05, 0) is 29.7 Å². The van der Waals surface area contributed by atoms with Gasteiger partial charge in [-0.15, -0.1) is 0 Å². The average Bonchev–Trinajstić information content (AvgIpc) is 2.86. The molecule has 1 atom stereocenters. The number of amides is 1. The molecule has 1 aliphatic heterocycles.